The van der Waals surface area contributed by atoms with Crippen molar-refractivity contribution >= 4 is 0 Å². The number of hydrogen-bond donors (Lipinski definition) is 0. The van der Waals surface area contributed by atoms with Crippen molar-refractivity contribution in [2.75, 3.05) is 32.8 Å². The Morgan fingerprint density at radius 3 is 2.95 bits per heavy atom. The van der Waals surface area contributed by atoms with E-state index in [1.807, 2.05) is 18.2 Å². The zero-order valence-electron chi connectivity index (χ0n) is 13.0. The van der Waals surface area contributed by atoms with Gasteiger partial charge in [-0.05, 0) is 18.6 Å². The first-order chi connectivity index (χ1) is 10.7. The fourth-order valence-corrected chi connectivity index (χ4v) is 2.51. The summed E-state index contributed by atoms with van der Waals surface area (Å²) in [6.07, 6.45) is -0.121. The summed E-state index contributed by atoms with van der Waals surface area (Å²) in [5.41, 5.74) is 1.16. The van der Waals surface area contributed by atoms with Crippen LogP contribution in [0.5, 0.6) is 5.75 Å². The third kappa shape index (κ3) is 3.64. The number of rotatable bonds is 5. The number of hydrogen-bond acceptors (Lipinski definition) is 6. The Hall–Kier alpha value is -1.92. The summed E-state index contributed by atoms with van der Waals surface area (Å²) in [5.74, 6) is 2.14. The van der Waals surface area contributed by atoms with Crippen LogP contribution in [0.2, 0.25) is 0 Å². The summed E-state index contributed by atoms with van der Waals surface area (Å²) in [6.45, 7) is 7.67. The molecule has 3 rings (SSSR count). The van der Waals surface area contributed by atoms with Gasteiger partial charge in [-0.15, -0.1) is 0 Å². The van der Waals surface area contributed by atoms with E-state index in [2.05, 4.69) is 28.0 Å². The lowest BCUT2D eigenvalue weighted by molar-refractivity contribution is -0.0379. The van der Waals surface area contributed by atoms with Gasteiger partial charge in [0.1, 0.15) is 18.5 Å². The van der Waals surface area contributed by atoms with Gasteiger partial charge in [0, 0.05) is 26.6 Å². The summed E-state index contributed by atoms with van der Waals surface area (Å²) < 4.78 is 16.6. The van der Waals surface area contributed by atoms with Gasteiger partial charge in [-0.1, -0.05) is 23.4 Å². The fourth-order valence-electron chi connectivity index (χ4n) is 2.51. The van der Waals surface area contributed by atoms with Crippen molar-refractivity contribution in [1.29, 1.82) is 0 Å². The molecule has 0 saturated carbocycles. The molecule has 2 heterocycles. The maximum Gasteiger partial charge on any atom is 0.223 e. The van der Waals surface area contributed by atoms with E-state index >= 15 is 0 Å². The molecule has 0 amide bonds. The summed E-state index contributed by atoms with van der Waals surface area (Å²) in [6, 6.07) is 8.06. The smallest absolute Gasteiger partial charge is 0.223 e. The molecule has 0 radical (unpaired) electrons. The van der Waals surface area contributed by atoms with Gasteiger partial charge in [0.05, 0.1) is 6.61 Å². The van der Waals surface area contributed by atoms with E-state index in [4.69, 9.17) is 14.0 Å². The summed E-state index contributed by atoms with van der Waals surface area (Å²) in [5, 5.41) is 3.94. The molecule has 6 nitrogen and oxygen atoms in total. The Balaban J connectivity index is 1.49. The molecule has 0 bridgehead atoms. The predicted octanol–water partition coefficient (Wildman–Crippen LogP) is 2.14. The predicted molar refractivity (Wildman–Crippen MR) is 80.8 cm³/mol. The zero-order chi connectivity index (χ0) is 15.4. The van der Waals surface area contributed by atoms with E-state index in [0.29, 0.717) is 24.9 Å². The van der Waals surface area contributed by atoms with Crippen LogP contribution in [-0.2, 0) is 4.74 Å². The standard InChI is InChI=1S/C16H21N3O3/c1-12-5-3-4-6-14(12)20-9-7-19-8-10-21-15(11-19)16-17-13(2)22-18-16/h3-6,15H,7-11H2,1-2H3/t15-/m1/s1. The van der Waals surface area contributed by atoms with Crippen LogP contribution in [0.1, 0.15) is 23.4 Å². The van der Waals surface area contributed by atoms with Crippen LogP contribution in [0.25, 0.3) is 0 Å². The molecule has 6 heteroatoms. The second-order valence-electron chi connectivity index (χ2n) is 5.45. The summed E-state index contributed by atoms with van der Waals surface area (Å²) in [4.78, 5) is 6.55. The minimum absolute atomic E-state index is 0.121. The molecule has 1 aromatic carbocycles. The van der Waals surface area contributed by atoms with Crippen LogP contribution in [0.4, 0.5) is 0 Å². The first kappa shape index (κ1) is 15.0. The van der Waals surface area contributed by atoms with Crippen molar-refractivity contribution in [2.24, 2.45) is 0 Å². The van der Waals surface area contributed by atoms with Gasteiger partial charge in [0.15, 0.2) is 0 Å². The van der Waals surface area contributed by atoms with E-state index in [0.717, 1.165) is 30.9 Å². The van der Waals surface area contributed by atoms with Gasteiger partial charge in [0.25, 0.3) is 0 Å². The number of nitrogens with zero attached hydrogens (tertiary/aromatic N) is 3. The quantitative estimate of drug-likeness (QED) is 0.843. The second kappa shape index (κ2) is 6.89. The van der Waals surface area contributed by atoms with Gasteiger partial charge >= 0.3 is 0 Å². The van der Waals surface area contributed by atoms with Gasteiger partial charge < -0.3 is 14.0 Å². The number of aryl methyl sites for hydroxylation is 2. The highest BCUT2D eigenvalue weighted by Gasteiger charge is 2.25. The number of aromatic nitrogens is 2. The van der Waals surface area contributed by atoms with Gasteiger partial charge in [-0.2, -0.15) is 4.98 Å². The van der Waals surface area contributed by atoms with Crippen molar-refractivity contribution in [1.82, 2.24) is 15.0 Å². The van der Waals surface area contributed by atoms with Crippen molar-refractivity contribution in [3.05, 3.63) is 41.5 Å². The van der Waals surface area contributed by atoms with Gasteiger partial charge in [-0.3, -0.25) is 4.90 Å². The lowest BCUT2D eigenvalue weighted by atomic mass is 10.2. The molecule has 0 aliphatic carbocycles. The molecule has 1 aliphatic heterocycles. The first-order valence-corrected chi connectivity index (χ1v) is 7.55. The molecular weight excluding hydrogens is 282 g/mol. The fraction of sp³-hybridized carbons (Fsp3) is 0.500. The average molecular weight is 303 g/mol. The average Bonchev–Trinajstić information content (AvgIpc) is 2.96. The summed E-state index contributed by atoms with van der Waals surface area (Å²) >= 11 is 0. The van der Waals surface area contributed by atoms with E-state index in [9.17, 15) is 0 Å². The molecule has 1 aliphatic rings. The second-order valence-corrected chi connectivity index (χ2v) is 5.45. The Morgan fingerprint density at radius 2 is 2.18 bits per heavy atom. The maximum atomic E-state index is 5.85. The molecule has 1 aromatic heterocycles. The number of ether oxygens (including phenoxy) is 2. The van der Waals surface area contributed by atoms with Crippen LogP contribution in [0.15, 0.2) is 28.8 Å². The van der Waals surface area contributed by atoms with E-state index < -0.39 is 0 Å². The lowest BCUT2D eigenvalue weighted by Gasteiger charge is -2.31. The molecule has 2 aromatic rings. The maximum absolute atomic E-state index is 5.85. The third-order valence-corrected chi connectivity index (χ3v) is 3.74. The van der Waals surface area contributed by atoms with Crippen LogP contribution in [0.3, 0.4) is 0 Å². The Labute approximate surface area is 130 Å². The monoisotopic (exact) mass is 303 g/mol. The van der Waals surface area contributed by atoms with E-state index in [1.165, 1.54) is 0 Å². The highest BCUT2D eigenvalue weighted by molar-refractivity contribution is 5.31. The Kier molecular flexibility index (Phi) is 4.70. The minimum Gasteiger partial charge on any atom is -0.492 e. The molecule has 1 fully saturated rings. The normalized spacial score (nSPS) is 19.3. The van der Waals surface area contributed by atoms with Crippen molar-refractivity contribution in [3.63, 3.8) is 0 Å². The van der Waals surface area contributed by atoms with E-state index in [-0.39, 0.29) is 6.10 Å². The van der Waals surface area contributed by atoms with Crippen molar-refractivity contribution < 1.29 is 14.0 Å². The van der Waals surface area contributed by atoms with Crippen LogP contribution < -0.4 is 4.74 Å². The molecule has 118 valence electrons. The third-order valence-electron chi connectivity index (χ3n) is 3.74. The number of benzene rings is 1. The molecule has 22 heavy (non-hydrogen) atoms. The highest BCUT2D eigenvalue weighted by atomic mass is 16.5. The van der Waals surface area contributed by atoms with Gasteiger partial charge in [0.2, 0.25) is 11.7 Å². The van der Waals surface area contributed by atoms with Crippen LogP contribution in [0, 0.1) is 13.8 Å². The van der Waals surface area contributed by atoms with Gasteiger partial charge in [-0.25, -0.2) is 0 Å². The molecular formula is C16H21N3O3. The zero-order valence-corrected chi connectivity index (χ0v) is 13.0. The number of para-hydroxylation sites is 1. The lowest BCUT2D eigenvalue weighted by Crippen LogP contribution is -2.40. The van der Waals surface area contributed by atoms with Crippen molar-refractivity contribution in [2.45, 2.75) is 20.0 Å². The minimum atomic E-state index is -0.121. The molecule has 0 unspecified atom stereocenters. The summed E-state index contributed by atoms with van der Waals surface area (Å²) in [7, 11) is 0. The molecule has 0 N–H and O–H groups in total. The Morgan fingerprint density at radius 1 is 1.32 bits per heavy atom. The molecule has 1 saturated heterocycles. The topological polar surface area (TPSA) is 60.6 Å². The van der Waals surface area contributed by atoms with Crippen LogP contribution in [-0.4, -0.2) is 47.9 Å². The molecule has 0 spiro atoms. The highest BCUT2D eigenvalue weighted by Crippen LogP contribution is 2.20. The number of morpholine rings is 1. The van der Waals surface area contributed by atoms with Crippen LogP contribution >= 0.6 is 0 Å². The Bertz CT molecular complexity index is 614. The first-order valence-electron chi connectivity index (χ1n) is 7.55. The SMILES string of the molecule is Cc1nc([C@H]2CN(CCOc3ccccc3C)CCO2)no1. The van der Waals surface area contributed by atoms with E-state index in [1.54, 1.807) is 6.92 Å². The van der Waals surface area contributed by atoms with Crippen molar-refractivity contribution in [3.8, 4) is 5.75 Å². The largest absolute Gasteiger partial charge is 0.492 e. The molecule has 1 atom stereocenters.